The molecule has 3 heterocycles. The van der Waals surface area contributed by atoms with Crippen molar-refractivity contribution in [2.75, 3.05) is 29.2 Å². The molecular weight excluding hydrogens is 388 g/mol. The van der Waals surface area contributed by atoms with Gasteiger partial charge in [-0.2, -0.15) is 11.8 Å². The van der Waals surface area contributed by atoms with E-state index < -0.39 is 0 Å². The second-order valence-corrected chi connectivity index (χ2v) is 7.41. The fraction of sp³-hybridized carbons (Fsp3) is 0.190. The van der Waals surface area contributed by atoms with Crippen molar-refractivity contribution < 1.29 is 14.3 Å². The fourth-order valence-electron chi connectivity index (χ4n) is 3.26. The maximum Gasteiger partial charge on any atom is 0.235 e. The molecule has 148 valence electrons. The summed E-state index contributed by atoms with van der Waals surface area (Å²) in [6, 6.07) is 13.3. The Morgan fingerprint density at radius 2 is 2.07 bits per heavy atom. The van der Waals surface area contributed by atoms with Gasteiger partial charge in [0.15, 0.2) is 5.78 Å². The SMILES string of the molecule is CSCC(=O)Nc1cc(-c2[nH]c3c(c2Nc2ccccc2)C(=O)COC3)ccn1. The molecule has 0 atom stereocenters. The number of rotatable bonds is 6. The second-order valence-electron chi connectivity index (χ2n) is 6.55. The van der Waals surface area contributed by atoms with Crippen molar-refractivity contribution in [2.24, 2.45) is 0 Å². The Morgan fingerprint density at radius 1 is 1.24 bits per heavy atom. The Hall–Kier alpha value is -3.10. The van der Waals surface area contributed by atoms with Crippen LogP contribution in [0.4, 0.5) is 17.2 Å². The Labute approximate surface area is 172 Å². The molecule has 0 aliphatic carbocycles. The van der Waals surface area contributed by atoms with Gasteiger partial charge in [-0.25, -0.2) is 4.98 Å². The van der Waals surface area contributed by atoms with Crippen molar-refractivity contribution in [3.05, 3.63) is 59.9 Å². The lowest BCUT2D eigenvalue weighted by Crippen LogP contribution is -2.18. The van der Waals surface area contributed by atoms with Crippen LogP contribution < -0.4 is 10.6 Å². The van der Waals surface area contributed by atoms with Crippen LogP contribution >= 0.6 is 11.8 Å². The molecule has 0 saturated heterocycles. The van der Waals surface area contributed by atoms with Gasteiger partial charge in [0.25, 0.3) is 0 Å². The zero-order valence-electron chi connectivity index (χ0n) is 15.8. The maximum absolute atomic E-state index is 12.6. The molecule has 0 saturated carbocycles. The molecule has 0 spiro atoms. The number of thioether (sulfide) groups is 1. The number of nitrogens with zero attached hydrogens (tertiary/aromatic N) is 1. The Morgan fingerprint density at radius 3 is 2.86 bits per heavy atom. The van der Waals surface area contributed by atoms with E-state index in [0.717, 1.165) is 22.6 Å². The fourth-order valence-corrected chi connectivity index (χ4v) is 3.59. The number of aromatic amines is 1. The van der Waals surface area contributed by atoms with Gasteiger partial charge in [-0.3, -0.25) is 9.59 Å². The van der Waals surface area contributed by atoms with Gasteiger partial charge in [-0.1, -0.05) is 18.2 Å². The summed E-state index contributed by atoms with van der Waals surface area (Å²) in [4.78, 5) is 32.0. The lowest BCUT2D eigenvalue weighted by molar-refractivity contribution is -0.113. The van der Waals surface area contributed by atoms with E-state index >= 15 is 0 Å². The summed E-state index contributed by atoms with van der Waals surface area (Å²) in [5.41, 5.74) is 4.48. The van der Waals surface area contributed by atoms with Gasteiger partial charge in [-0.15, -0.1) is 0 Å². The summed E-state index contributed by atoms with van der Waals surface area (Å²) in [5.74, 6) is 0.631. The van der Waals surface area contributed by atoms with Crippen molar-refractivity contribution in [3.8, 4) is 11.3 Å². The number of carbonyl (C=O) groups excluding carboxylic acids is 2. The van der Waals surface area contributed by atoms with Crippen molar-refractivity contribution in [1.29, 1.82) is 0 Å². The molecule has 29 heavy (non-hydrogen) atoms. The van der Waals surface area contributed by atoms with E-state index in [2.05, 4.69) is 20.6 Å². The van der Waals surface area contributed by atoms with Crippen LogP contribution in [0.25, 0.3) is 11.3 Å². The highest BCUT2D eigenvalue weighted by Crippen LogP contribution is 2.37. The lowest BCUT2D eigenvalue weighted by Gasteiger charge is -2.14. The molecule has 1 aliphatic rings. The highest BCUT2D eigenvalue weighted by atomic mass is 32.2. The highest BCUT2D eigenvalue weighted by molar-refractivity contribution is 7.99. The molecule has 7 nitrogen and oxygen atoms in total. The van der Waals surface area contributed by atoms with Crippen LogP contribution in [0, 0.1) is 0 Å². The van der Waals surface area contributed by atoms with Crippen LogP contribution in [-0.4, -0.2) is 40.3 Å². The van der Waals surface area contributed by atoms with E-state index in [1.165, 1.54) is 11.8 Å². The molecule has 1 amide bonds. The van der Waals surface area contributed by atoms with E-state index in [0.29, 0.717) is 29.4 Å². The number of amides is 1. The van der Waals surface area contributed by atoms with Crippen LogP contribution in [0.15, 0.2) is 48.7 Å². The molecular formula is C21H20N4O3S. The van der Waals surface area contributed by atoms with Crippen molar-refractivity contribution in [2.45, 2.75) is 6.61 Å². The maximum atomic E-state index is 12.6. The summed E-state index contributed by atoms with van der Waals surface area (Å²) < 4.78 is 5.39. The van der Waals surface area contributed by atoms with E-state index in [4.69, 9.17) is 4.74 Å². The van der Waals surface area contributed by atoms with Gasteiger partial charge in [-0.05, 0) is 30.5 Å². The molecule has 3 N–H and O–H groups in total. The first kappa shape index (κ1) is 19.2. The van der Waals surface area contributed by atoms with Gasteiger partial charge in [0.1, 0.15) is 12.4 Å². The lowest BCUT2D eigenvalue weighted by atomic mass is 10.0. The number of nitrogens with one attached hydrogen (secondary N) is 3. The number of hydrogen-bond donors (Lipinski definition) is 3. The Balaban J connectivity index is 1.75. The van der Waals surface area contributed by atoms with Crippen LogP contribution in [0.3, 0.4) is 0 Å². The van der Waals surface area contributed by atoms with Crippen molar-refractivity contribution in [3.63, 3.8) is 0 Å². The molecule has 0 radical (unpaired) electrons. The standard InChI is InChI=1S/C21H20N4O3S/c1-29-12-18(27)25-17-9-13(7-8-22-17)20-21(23-14-5-3-2-4-6-14)19-15(24-20)10-28-11-16(19)26/h2-9,23-24H,10-12H2,1H3,(H,22,25,27). The smallest absolute Gasteiger partial charge is 0.235 e. The predicted molar refractivity (Wildman–Crippen MR) is 115 cm³/mol. The summed E-state index contributed by atoms with van der Waals surface area (Å²) in [7, 11) is 0. The van der Waals surface area contributed by atoms with Crippen LogP contribution in [-0.2, 0) is 16.1 Å². The molecule has 0 unspecified atom stereocenters. The summed E-state index contributed by atoms with van der Waals surface area (Å²) in [6.07, 6.45) is 3.50. The van der Waals surface area contributed by atoms with E-state index in [1.54, 1.807) is 12.3 Å². The number of benzene rings is 1. The van der Waals surface area contributed by atoms with E-state index in [9.17, 15) is 9.59 Å². The van der Waals surface area contributed by atoms with E-state index in [-0.39, 0.29) is 18.3 Å². The van der Waals surface area contributed by atoms with E-state index in [1.807, 2.05) is 42.7 Å². The molecule has 0 fully saturated rings. The molecule has 3 aromatic rings. The highest BCUT2D eigenvalue weighted by Gasteiger charge is 2.27. The number of pyridine rings is 1. The number of para-hydroxylation sites is 1. The Bertz CT molecular complexity index is 1050. The number of hydrogen-bond acceptors (Lipinski definition) is 6. The number of anilines is 3. The third kappa shape index (κ3) is 4.18. The summed E-state index contributed by atoms with van der Waals surface area (Å²) in [5, 5.41) is 6.17. The largest absolute Gasteiger partial charge is 0.367 e. The van der Waals surface area contributed by atoms with Crippen LogP contribution in [0.1, 0.15) is 16.1 Å². The zero-order valence-corrected chi connectivity index (χ0v) is 16.6. The Kier molecular flexibility index (Phi) is 5.64. The van der Waals surface area contributed by atoms with Gasteiger partial charge in [0.05, 0.1) is 35.0 Å². The number of H-pyrrole nitrogens is 1. The minimum atomic E-state index is -0.112. The van der Waals surface area contributed by atoms with Crippen LogP contribution in [0.2, 0.25) is 0 Å². The average Bonchev–Trinajstić information content (AvgIpc) is 3.09. The first-order valence-corrected chi connectivity index (χ1v) is 10.5. The predicted octanol–water partition coefficient (Wildman–Crippen LogP) is 3.83. The first-order chi connectivity index (χ1) is 14.2. The first-order valence-electron chi connectivity index (χ1n) is 9.09. The molecule has 8 heteroatoms. The number of ketones is 1. The molecule has 1 aliphatic heterocycles. The molecule has 4 rings (SSSR count). The van der Waals surface area contributed by atoms with Crippen LogP contribution in [0.5, 0.6) is 0 Å². The topological polar surface area (TPSA) is 96.1 Å². The summed E-state index contributed by atoms with van der Waals surface area (Å²) >= 11 is 1.44. The molecule has 0 bridgehead atoms. The zero-order chi connectivity index (χ0) is 20.2. The summed E-state index contributed by atoms with van der Waals surface area (Å²) in [6.45, 7) is 0.396. The van der Waals surface area contributed by atoms with Gasteiger partial charge >= 0.3 is 0 Å². The number of Topliss-reactive ketones (excluding diaryl/α,β-unsaturated/α-hetero) is 1. The monoisotopic (exact) mass is 408 g/mol. The second kappa shape index (κ2) is 8.50. The molecule has 1 aromatic carbocycles. The normalized spacial score (nSPS) is 13.1. The number of ether oxygens (including phenoxy) is 1. The van der Waals surface area contributed by atoms with Gasteiger partial charge in [0.2, 0.25) is 5.91 Å². The third-order valence-electron chi connectivity index (χ3n) is 4.47. The van der Waals surface area contributed by atoms with Crippen molar-refractivity contribution in [1.82, 2.24) is 9.97 Å². The molecule has 2 aromatic heterocycles. The average molecular weight is 408 g/mol. The number of aromatic nitrogens is 2. The minimum absolute atomic E-state index is 0.0557. The van der Waals surface area contributed by atoms with Gasteiger partial charge < -0.3 is 20.4 Å². The number of fused-ring (bicyclic) bond motifs is 1. The number of carbonyl (C=O) groups is 2. The van der Waals surface area contributed by atoms with Crippen molar-refractivity contribution >= 4 is 40.6 Å². The third-order valence-corrected chi connectivity index (χ3v) is 5.02. The quantitative estimate of drug-likeness (QED) is 0.574. The van der Waals surface area contributed by atoms with Gasteiger partial charge in [0, 0.05) is 17.4 Å². The minimum Gasteiger partial charge on any atom is -0.367 e.